The predicted octanol–water partition coefficient (Wildman–Crippen LogP) is 9.16. The van der Waals surface area contributed by atoms with E-state index in [4.69, 9.17) is 24.2 Å². The number of alkyl carbamates (subject to hydrolysis) is 1. The molecule has 2 aromatic heterocycles. The fourth-order valence-electron chi connectivity index (χ4n) is 11.9. The first-order valence-electron chi connectivity index (χ1n) is 24.6. The molecule has 352 valence electrons. The highest BCUT2D eigenvalue weighted by atomic mass is 16.9. The molecule has 5 heterocycles. The molecule has 3 aliphatic heterocycles. The number of hydrogen-bond acceptors (Lipinski definition) is 9. The van der Waals surface area contributed by atoms with Gasteiger partial charge in [-0.25, -0.2) is 14.8 Å². The number of carbonyl (C=O) groups excluding carboxylic acids is 3. The van der Waals surface area contributed by atoms with Gasteiger partial charge in [0.05, 0.1) is 41.3 Å². The summed E-state index contributed by atoms with van der Waals surface area (Å²) in [4.78, 5) is 63.5. The van der Waals surface area contributed by atoms with Crippen molar-refractivity contribution in [1.29, 1.82) is 0 Å². The number of imidazole rings is 2. The standard InChI is InChI=1S/C54H60N8O6/c1-66-53(65)59-47(35-16-4-2-5-17-35)51(63)61-43-22-12-10-20-37(43)30-45(61)49-55-39-26-24-33(28-41(39)57-49)14-8-9-15-34-25-27-40-42(29-34)58-50(56-40)46-31-38-21-11-13-23-44(38)62(46)52(64)48(60-54-67-32-68-54)36-18-6-3-7-19-36/h2-9,16-19,24-29,37-38,43-48,54,60H,10-15,20-23,30-32H2,1H3,(H,55,57)(H,56,58)(H,59,65)/b9-8+/t37-,38-,43-,44-,45-,46-,47+,48+/m0/s1. The number of hydrogen-bond donors (Lipinski definition) is 4. The first-order chi connectivity index (χ1) is 33.4. The number of benzene rings is 4. The van der Waals surface area contributed by atoms with Crippen LogP contribution in [0.2, 0.25) is 0 Å². The van der Waals surface area contributed by atoms with Gasteiger partial charge >= 0.3 is 6.09 Å². The van der Waals surface area contributed by atoms with Crippen LogP contribution < -0.4 is 10.6 Å². The van der Waals surface area contributed by atoms with Crippen molar-refractivity contribution in [2.75, 3.05) is 13.9 Å². The van der Waals surface area contributed by atoms with Crippen molar-refractivity contribution in [2.45, 2.75) is 120 Å². The summed E-state index contributed by atoms with van der Waals surface area (Å²) in [6.45, 7) is 0.218. The number of H-pyrrole nitrogens is 2. The van der Waals surface area contributed by atoms with Crippen LogP contribution in [0, 0.1) is 11.8 Å². The van der Waals surface area contributed by atoms with Gasteiger partial charge in [-0.3, -0.25) is 14.9 Å². The maximum atomic E-state index is 14.7. The molecule has 0 radical (unpaired) electrons. The minimum absolute atomic E-state index is 0.0292. The summed E-state index contributed by atoms with van der Waals surface area (Å²) < 4.78 is 16.1. The van der Waals surface area contributed by atoms with E-state index in [9.17, 15) is 14.4 Å². The van der Waals surface area contributed by atoms with Crippen LogP contribution in [0.3, 0.4) is 0 Å². The minimum atomic E-state index is -0.872. The minimum Gasteiger partial charge on any atom is -0.453 e. The lowest BCUT2D eigenvalue weighted by Gasteiger charge is -2.38. The molecule has 6 aromatic rings. The van der Waals surface area contributed by atoms with E-state index in [1.54, 1.807) is 0 Å². The molecule has 2 saturated carbocycles. The molecule has 5 fully saturated rings. The fourth-order valence-corrected chi connectivity index (χ4v) is 11.9. The van der Waals surface area contributed by atoms with E-state index in [0.29, 0.717) is 11.8 Å². The summed E-state index contributed by atoms with van der Waals surface area (Å²) >= 11 is 0. The van der Waals surface area contributed by atoms with Crippen LogP contribution in [0.5, 0.6) is 0 Å². The maximum Gasteiger partial charge on any atom is 0.407 e. The predicted molar refractivity (Wildman–Crippen MR) is 257 cm³/mol. The third kappa shape index (κ3) is 8.81. The average molecular weight is 917 g/mol. The number of ether oxygens (including phenoxy) is 3. The van der Waals surface area contributed by atoms with E-state index in [1.807, 2.05) is 65.6 Å². The molecule has 0 unspecified atom stereocenters. The van der Waals surface area contributed by atoms with E-state index in [2.05, 4.69) is 74.1 Å². The first kappa shape index (κ1) is 44.2. The molecule has 11 rings (SSSR count). The van der Waals surface area contributed by atoms with Crippen molar-refractivity contribution in [3.8, 4) is 0 Å². The molecule has 2 aliphatic carbocycles. The Labute approximate surface area is 396 Å². The molecule has 3 amide bonds. The molecule has 68 heavy (non-hydrogen) atoms. The Balaban J connectivity index is 0.780. The van der Waals surface area contributed by atoms with Crippen molar-refractivity contribution >= 4 is 40.0 Å². The van der Waals surface area contributed by atoms with Gasteiger partial charge in [0.2, 0.25) is 12.3 Å². The van der Waals surface area contributed by atoms with Crippen molar-refractivity contribution in [3.05, 3.63) is 143 Å². The van der Waals surface area contributed by atoms with E-state index < -0.39 is 24.6 Å². The van der Waals surface area contributed by atoms with Crippen LogP contribution in [0.25, 0.3) is 22.1 Å². The molecule has 5 aliphatic rings. The van der Waals surface area contributed by atoms with Crippen molar-refractivity contribution < 1.29 is 28.6 Å². The van der Waals surface area contributed by atoms with Gasteiger partial charge in [0.15, 0.2) is 6.79 Å². The van der Waals surface area contributed by atoms with Crippen LogP contribution in [0.15, 0.2) is 109 Å². The van der Waals surface area contributed by atoms with E-state index in [-0.39, 0.29) is 42.8 Å². The zero-order valence-corrected chi connectivity index (χ0v) is 38.5. The molecule has 8 atom stereocenters. The average Bonchev–Trinajstić information content (AvgIpc) is 4.17. The second-order valence-corrected chi connectivity index (χ2v) is 19.3. The largest absolute Gasteiger partial charge is 0.453 e. The van der Waals surface area contributed by atoms with Crippen molar-refractivity contribution in [3.63, 3.8) is 0 Å². The number of rotatable bonds is 13. The Morgan fingerprint density at radius 2 is 1.16 bits per heavy atom. The number of amides is 3. The Hall–Kier alpha value is -6.35. The van der Waals surface area contributed by atoms with E-state index >= 15 is 0 Å². The zero-order chi connectivity index (χ0) is 46.1. The summed E-state index contributed by atoms with van der Waals surface area (Å²) in [5.41, 5.74) is 7.61. The van der Waals surface area contributed by atoms with Crippen LogP contribution in [-0.2, 0) is 36.6 Å². The maximum absolute atomic E-state index is 14.7. The zero-order valence-electron chi connectivity index (χ0n) is 38.5. The highest BCUT2D eigenvalue weighted by molar-refractivity contribution is 5.88. The number of nitrogens with zero attached hydrogens (tertiary/aromatic N) is 4. The van der Waals surface area contributed by atoms with Crippen LogP contribution >= 0.6 is 0 Å². The molecular weight excluding hydrogens is 857 g/mol. The van der Waals surface area contributed by atoms with Gasteiger partial charge in [-0.05, 0) is 110 Å². The highest BCUT2D eigenvalue weighted by Gasteiger charge is 2.50. The normalized spacial score (nSPS) is 24.7. The molecular formula is C54H60N8O6. The van der Waals surface area contributed by atoms with E-state index in [1.165, 1.54) is 19.1 Å². The molecule has 14 heteroatoms. The topological polar surface area (TPSA) is 167 Å². The van der Waals surface area contributed by atoms with Gasteiger partial charge in [-0.2, -0.15) is 0 Å². The number of aromatic nitrogens is 4. The lowest BCUT2D eigenvalue weighted by molar-refractivity contribution is -0.335. The van der Waals surface area contributed by atoms with Crippen LogP contribution in [0.1, 0.15) is 122 Å². The first-order valence-corrected chi connectivity index (χ1v) is 24.6. The smallest absolute Gasteiger partial charge is 0.407 e. The Morgan fingerprint density at radius 1 is 0.676 bits per heavy atom. The molecule has 4 N–H and O–H groups in total. The second kappa shape index (κ2) is 19.3. The molecule has 4 aromatic carbocycles. The van der Waals surface area contributed by atoms with Gasteiger partial charge in [0.1, 0.15) is 23.7 Å². The Morgan fingerprint density at radius 3 is 1.65 bits per heavy atom. The van der Waals surface area contributed by atoms with Gasteiger partial charge in [-0.1, -0.05) is 111 Å². The van der Waals surface area contributed by atoms with Gasteiger partial charge in [0, 0.05) is 12.1 Å². The summed E-state index contributed by atoms with van der Waals surface area (Å²) in [5, 5.41) is 6.15. The third-order valence-corrected chi connectivity index (χ3v) is 15.3. The van der Waals surface area contributed by atoms with Crippen molar-refractivity contribution in [1.82, 2.24) is 40.4 Å². The number of nitrogens with one attached hydrogen (secondary N) is 4. The number of aromatic amines is 2. The second-order valence-electron chi connectivity index (χ2n) is 19.3. The number of fused-ring (bicyclic) bond motifs is 4. The monoisotopic (exact) mass is 916 g/mol. The molecule has 3 saturated heterocycles. The van der Waals surface area contributed by atoms with Gasteiger partial charge in [-0.15, -0.1) is 0 Å². The fraction of sp³-hybridized carbons (Fsp3) is 0.426. The number of likely N-dealkylation sites (tertiary alicyclic amines) is 2. The number of carbonyl (C=O) groups is 3. The Bertz CT molecular complexity index is 2790. The molecule has 0 bridgehead atoms. The highest BCUT2D eigenvalue weighted by Crippen LogP contribution is 2.48. The van der Waals surface area contributed by atoms with Crippen molar-refractivity contribution in [2.24, 2.45) is 11.8 Å². The van der Waals surface area contributed by atoms with Crippen LogP contribution in [-0.4, -0.2) is 80.0 Å². The molecule has 14 nitrogen and oxygen atoms in total. The third-order valence-electron chi connectivity index (χ3n) is 15.3. The van der Waals surface area contributed by atoms with Gasteiger partial charge < -0.3 is 39.3 Å². The quantitative estimate of drug-likeness (QED) is 0.0827. The molecule has 0 spiro atoms. The summed E-state index contributed by atoms with van der Waals surface area (Å²) in [5.74, 6) is 2.32. The lowest BCUT2D eigenvalue weighted by Crippen LogP contribution is -2.52. The summed E-state index contributed by atoms with van der Waals surface area (Å²) in [6, 6.07) is 30.4. The van der Waals surface area contributed by atoms with Crippen LogP contribution in [0.4, 0.5) is 4.79 Å². The van der Waals surface area contributed by atoms with Gasteiger partial charge in [0.25, 0.3) is 5.91 Å². The summed E-state index contributed by atoms with van der Waals surface area (Å²) in [6.07, 6.45) is 15.1. The lowest BCUT2D eigenvalue weighted by atomic mass is 9.84. The number of methoxy groups -OCH3 is 1. The SMILES string of the molecule is COC(=O)N[C@@H](C(=O)N1[C@H](c2nc3ccc(C/C=C/Cc4ccc5nc([C@@H]6C[C@@H]7CCCC[C@@H]7N6C(=O)[C@H](NC6OCO6)c6ccccc6)[nH]c5c4)cc3[nH]2)C[C@@H]2CCCC[C@@H]21)c1ccccc1. The van der Waals surface area contributed by atoms with E-state index in [0.717, 1.165) is 121 Å². The Kier molecular flexibility index (Phi) is 12.6. The summed E-state index contributed by atoms with van der Waals surface area (Å²) in [7, 11) is 1.32. The number of allylic oxidation sites excluding steroid dienone is 2.